The van der Waals surface area contributed by atoms with Crippen molar-refractivity contribution in [1.82, 2.24) is 15.2 Å². The van der Waals surface area contributed by atoms with Crippen LogP contribution in [0.5, 0.6) is 0 Å². The maximum atomic E-state index is 12.5. The molecule has 4 nitrogen and oxygen atoms in total. The Morgan fingerprint density at radius 1 is 1.11 bits per heavy atom. The van der Waals surface area contributed by atoms with E-state index in [4.69, 9.17) is 0 Å². The van der Waals surface area contributed by atoms with Gasteiger partial charge in [-0.2, -0.15) is 0 Å². The van der Waals surface area contributed by atoms with Gasteiger partial charge in [-0.3, -0.25) is 9.69 Å². The number of hydrogen-bond donors (Lipinski definition) is 2. The molecule has 1 aliphatic rings. The van der Waals surface area contributed by atoms with Gasteiger partial charge in [-0.15, -0.1) is 0 Å². The number of amides is 1. The van der Waals surface area contributed by atoms with E-state index in [1.54, 1.807) is 0 Å². The van der Waals surface area contributed by atoms with Gasteiger partial charge in [-0.1, -0.05) is 46.3 Å². The van der Waals surface area contributed by atoms with Crippen molar-refractivity contribution in [3.05, 3.63) is 70.3 Å². The van der Waals surface area contributed by atoms with Crippen molar-refractivity contribution in [2.75, 3.05) is 19.6 Å². The summed E-state index contributed by atoms with van der Waals surface area (Å²) < 4.78 is 1.11. The Hall–Kier alpha value is -2.11. The number of hydrogen-bond acceptors (Lipinski definition) is 2. The summed E-state index contributed by atoms with van der Waals surface area (Å²) in [5, 5.41) is 4.40. The molecule has 28 heavy (non-hydrogen) atoms. The van der Waals surface area contributed by atoms with Crippen molar-refractivity contribution in [1.29, 1.82) is 0 Å². The zero-order chi connectivity index (χ0) is 19.3. The molecule has 0 radical (unpaired) electrons. The van der Waals surface area contributed by atoms with E-state index in [0.29, 0.717) is 6.54 Å². The van der Waals surface area contributed by atoms with E-state index < -0.39 is 0 Å². The van der Waals surface area contributed by atoms with Crippen molar-refractivity contribution in [2.45, 2.75) is 25.8 Å². The molecule has 1 amide bonds. The second-order valence-corrected chi connectivity index (χ2v) is 8.49. The highest BCUT2D eigenvalue weighted by molar-refractivity contribution is 9.10. The van der Waals surface area contributed by atoms with Crippen molar-refractivity contribution >= 4 is 32.7 Å². The minimum Gasteiger partial charge on any atom is -0.361 e. The number of carbonyl (C=O) groups excluding carboxylic acids is 1. The molecule has 3 aromatic rings. The molecule has 1 aromatic heterocycles. The standard InChI is InChI=1S/C23H26BrN3O/c24-20-7-5-17(6-8-20)16-27-13-10-18(11-14-27)23(28)25-12-9-19-15-26-22-4-2-1-3-21(19)22/h1-8,15,18,26H,9-14,16H2,(H,25,28). The summed E-state index contributed by atoms with van der Waals surface area (Å²) in [7, 11) is 0. The Kier molecular flexibility index (Phi) is 6.13. The van der Waals surface area contributed by atoms with Gasteiger partial charge in [-0.05, 0) is 61.7 Å². The van der Waals surface area contributed by atoms with E-state index >= 15 is 0 Å². The lowest BCUT2D eigenvalue weighted by molar-refractivity contribution is -0.126. The van der Waals surface area contributed by atoms with E-state index in [1.165, 1.54) is 16.5 Å². The summed E-state index contributed by atoms with van der Waals surface area (Å²) in [5.41, 5.74) is 3.74. The fourth-order valence-corrected chi connectivity index (χ4v) is 4.27. The molecule has 1 saturated heterocycles. The highest BCUT2D eigenvalue weighted by Gasteiger charge is 2.24. The van der Waals surface area contributed by atoms with Gasteiger partial charge in [0.25, 0.3) is 0 Å². The molecule has 1 aliphatic heterocycles. The summed E-state index contributed by atoms with van der Waals surface area (Å²) >= 11 is 3.48. The van der Waals surface area contributed by atoms with Gasteiger partial charge in [0.15, 0.2) is 0 Å². The molecule has 0 spiro atoms. The monoisotopic (exact) mass is 439 g/mol. The second-order valence-electron chi connectivity index (χ2n) is 7.58. The van der Waals surface area contributed by atoms with Crippen LogP contribution in [0.3, 0.4) is 0 Å². The fraction of sp³-hybridized carbons (Fsp3) is 0.348. The van der Waals surface area contributed by atoms with E-state index in [1.807, 2.05) is 6.07 Å². The molecule has 4 rings (SSSR count). The van der Waals surface area contributed by atoms with Gasteiger partial charge in [-0.25, -0.2) is 0 Å². The summed E-state index contributed by atoms with van der Waals surface area (Å²) in [5.74, 6) is 0.354. The number of piperidine rings is 1. The molecular weight excluding hydrogens is 414 g/mol. The predicted molar refractivity (Wildman–Crippen MR) is 117 cm³/mol. The minimum atomic E-state index is 0.143. The smallest absolute Gasteiger partial charge is 0.223 e. The zero-order valence-corrected chi connectivity index (χ0v) is 17.5. The van der Waals surface area contributed by atoms with Gasteiger partial charge in [0.2, 0.25) is 5.91 Å². The molecular formula is C23H26BrN3O. The maximum absolute atomic E-state index is 12.5. The normalized spacial score (nSPS) is 15.8. The number of H-pyrrole nitrogens is 1. The third-order valence-corrected chi connectivity index (χ3v) is 6.17. The van der Waals surface area contributed by atoms with Crippen LogP contribution in [-0.2, 0) is 17.8 Å². The number of benzene rings is 2. The number of aromatic nitrogens is 1. The molecule has 0 atom stereocenters. The molecule has 146 valence electrons. The van der Waals surface area contributed by atoms with Gasteiger partial charge in [0.1, 0.15) is 0 Å². The maximum Gasteiger partial charge on any atom is 0.223 e. The minimum absolute atomic E-state index is 0.143. The molecule has 2 heterocycles. The first-order valence-corrected chi connectivity index (χ1v) is 10.8. The predicted octanol–water partition coefficient (Wildman–Crippen LogP) is 4.50. The average molecular weight is 440 g/mol. The molecule has 0 unspecified atom stereocenters. The second kappa shape index (κ2) is 8.93. The van der Waals surface area contributed by atoms with Crippen LogP contribution in [0.15, 0.2) is 59.2 Å². The fourth-order valence-electron chi connectivity index (χ4n) is 4.00. The van der Waals surface area contributed by atoms with Gasteiger partial charge >= 0.3 is 0 Å². The summed E-state index contributed by atoms with van der Waals surface area (Å²) in [6.45, 7) is 3.62. The SMILES string of the molecule is O=C(NCCc1c[nH]c2ccccc12)C1CCN(Cc2ccc(Br)cc2)CC1. The molecule has 0 saturated carbocycles. The van der Waals surface area contributed by atoms with E-state index in [0.717, 1.165) is 48.9 Å². The topological polar surface area (TPSA) is 48.1 Å². The highest BCUT2D eigenvalue weighted by atomic mass is 79.9. The quantitative estimate of drug-likeness (QED) is 0.593. The summed E-state index contributed by atoms with van der Waals surface area (Å²) in [4.78, 5) is 18.3. The number of rotatable bonds is 6. The van der Waals surface area contributed by atoms with Crippen LogP contribution in [-0.4, -0.2) is 35.4 Å². The zero-order valence-electron chi connectivity index (χ0n) is 16.0. The first-order valence-electron chi connectivity index (χ1n) is 9.98. The van der Waals surface area contributed by atoms with Crippen LogP contribution >= 0.6 is 15.9 Å². The number of carbonyl (C=O) groups is 1. The number of likely N-dealkylation sites (tertiary alicyclic amines) is 1. The largest absolute Gasteiger partial charge is 0.361 e. The first kappa shape index (κ1) is 19.2. The number of halogens is 1. The van der Waals surface area contributed by atoms with Crippen molar-refractivity contribution in [3.8, 4) is 0 Å². The molecule has 0 bridgehead atoms. The first-order chi connectivity index (χ1) is 13.7. The number of aromatic amines is 1. The Morgan fingerprint density at radius 2 is 1.86 bits per heavy atom. The number of nitrogens with one attached hydrogen (secondary N) is 2. The lowest BCUT2D eigenvalue weighted by atomic mass is 9.95. The van der Waals surface area contributed by atoms with Crippen LogP contribution in [0, 0.1) is 5.92 Å². The number of nitrogens with zero attached hydrogens (tertiary/aromatic N) is 1. The summed E-state index contributed by atoms with van der Waals surface area (Å²) in [6.07, 6.45) is 4.79. The number of para-hydroxylation sites is 1. The summed E-state index contributed by atoms with van der Waals surface area (Å²) in [6, 6.07) is 16.8. The average Bonchev–Trinajstić information content (AvgIpc) is 3.13. The third kappa shape index (κ3) is 4.65. The van der Waals surface area contributed by atoms with E-state index in [-0.39, 0.29) is 11.8 Å². The van der Waals surface area contributed by atoms with Crippen LogP contribution < -0.4 is 5.32 Å². The van der Waals surface area contributed by atoms with Gasteiger partial charge in [0, 0.05) is 40.6 Å². The van der Waals surface area contributed by atoms with E-state index in [9.17, 15) is 4.79 Å². The lowest BCUT2D eigenvalue weighted by Gasteiger charge is -2.31. The van der Waals surface area contributed by atoms with Crippen LogP contribution in [0.25, 0.3) is 10.9 Å². The van der Waals surface area contributed by atoms with Crippen LogP contribution in [0.2, 0.25) is 0 Å². The van der Waals surface area contributed by atoms with Gasteiger partial charge in [0.05, 0.1) is 0 Å². The lowest BCUT2D eigenvalue weighted by Crippen LogP contribution is -2.40. The molecule has 2 aromatic carbocycles. The highest BCUT2D eigenvalue weighted by Crippen LogP contribution is 2.21. The molecule has 1 fully saturated rings. The van der Waals surface area contributed by atoms with E-state index in [2.05, 4.69) is 79.8 Å². The number of fused-ring (bicyclic) bond motifs is 1. The van der Waals surface area contributed by atoms with Crippen molar-refractivity contribution < 1.29 is 4.79 Å². The molecule has 5 heteroatoms. The van der Waals surface area contributed by atoms with Crippen LogP contribution in [0.1, 0.15) is 24.0 Å². The van der Waals surface area contributed by atoms with Crippen LogP contribution in [0.4, 0.5) is 0 Å². The van der Waals surface area contributed by atoms with Gasteiger partial charge < -0.3 is 10.3 Å². The Bertz CT molecular complexity index is 926. The molecule has 2 N–H and O–H groups in total. The molecule has 0 aliphatic carbocycles. The Balaban J connectivity index is 1.21. The van der Waals surface area contributed by atoms with Crippen molar-refractivity contribution in [3.63, 3.8) is 0 Å². The third-order valence-electron chi connectivity index (χ3n) is 5.65. The Labute approximate surface area is 174 Å². The van der Waals surface area contributed by atoms with Crippen molar-refractivity contribution in [2.24, 2.45) is 5.92 Å². The Morgan fingerprint density at radius 3 is 2.64 bits per heavy atom.